The van der Waals surface area contributed by atoms with E-state index in [0.717, 1.165) is 0 Å². The molecule has 1 N–H and O–H groups in total. The summed E-state index contributed by atoms with van der Waals surface area (Å²) in [6.07, 6.45) is 0. The van der Waals surface area contributed by atoms with Crippen LogP contribution in [0.1, 0.15) is 10.4 Å². The van der Waals surface area contributed by atoms with Crippen molar-refractivity contribution < 1.29 is 24.2 Å². The van der Waals surface area contributed by atoms with E-state index in [0.29, 0.717) is 5.75 Å². The second kappa shape index (κ2) is 4.27. The first-order valence-electron chi connectivity index (χ1n) is 3.70. The van der Waals surface area contributed by atoms with Gasteiger partial charge in [-0.2, -0.15) is 0 Å². The number of carbonyl (C=O) groups is 2. The molecule has 0 saturated carbocycles. The minimum Gasteiger partial charge on any atom is -0.497 e. The van der Waals surface area contributed by atoms with Crippen LogP contribution in [0.5, 0.6) is 11.5 Å². The second-order valence-electron chi connectivity index (χ2n) is 2.42. The Morgan fingerprint density at radius 1 is 1.36 bits per heavy atom. The molecule has 1 aromatic carbocycles. The van der Waals surface area contributed by atoms with Gasteiger partial charge in [0.15, 0.2) is 0 Å². The molecule has 0 unspecified atom stereocenters. The van der Waals surface area contributed by atoms with Gasteiger partial charge in [0.1, 0.15) is 11.5 Å². The highest BCUT2D eigenvalue weighted by Crippen LogP contribution is 2.22. The van der Waals surface area contributed by atoms with E-state index in [-0.39, 0.29) is 17.8 Å². The van der Waals surface area contributed by atoms with Crippen LogP contribution in [-0.2, 0) is 4.79 Å². The van der Waals surface area contributed by atoms with Crippen LogP contribution < -0.4 is 9.47 Å². The fourth-order valence-corrected chi connectivity index (χ4v) is 0.937. The van der Waals surface area contributed by atoms with Gasteiger partial charge < -0.3 is 14.6 Å². The third-order valence-electron chi connectivity index (χ3n) is 1.55. The van der Waals surface area contributed by atoms with E-state index in [2.05, 4.69) is 4.74 Å². The maximum absolute atomic E-state index is 10.6. The molecule has 0 bridgehead atoms. The van der Waals surface area contributed by atoms with Gasteiger partial charge in [-0.15, -0.1) is 0 Å². The molecule has 0 heterocycles. The molecule has 0 aromatic heterocycles. The number of benzene rings is 1. The smallest absolute Gasteiger partial charge is 0.335 e. The van der Waals surface area contributed by atoms with Crippen molar-refractivity contribution in [2.75, 3.05) is 7.11 Å². The SMILES string of the molecule is COc1cc(OC=O)cc(C(=O)O)c1. The average Bonchev–Trinajstić information content (AvgIpc) is 2.17. The summed E-state index contributed by atoms with van der Waals surface area (Å²) < 4.78 is 9.35. The summed E-state index contributed by atoms with van der Waals surface area (Å²) in [5.41, 5.74) is 0.00111. The summed E-state index contributed by atoms with van der Waals surface area (Å²) in [4.78, 5) is 20.7. The molecule has 5 nitrogen and oxygen atoms in total. The standard InChI is InChI=1S/C9H8O5/c1-13-7-2-6(9(11)12)3-8(4-7)14-5-10/h2-5H,1H3,(H,11,12). The quantitative estimate of drug-likeness (QED) is 0.725. The fraction of sp³-hybridized carbons (Fsp3) is 0.111. The zero-order chi connectivity index (χ0) is 10.6. The van der Waals surface area contributed by atoms with Crippen LogP contribution >= 0.6 is 0 Å². The zero-order valence-electron chi connectivity index (χ0n) is 7.39. The van der Waals surface area contributed by atoms with Gasteiger partial charge in [0.2, 0.25) is 0 Å². The summed E-state index contributed by atoms with van der Waals surface area (Å²) in [7, 11) is 1.39. The number of methoxy groups -OCH3 is 1. The monoisotopic (exact) mass is 196 g/mol. The predicted octanol–water partition coefficient (Wildman–Crippen LogP) is 0.929. The number of ether oxygens (including phenoxy) is 2. The summed E-state index contributed by atoms with van der Waals surface area (Å²) >= 11 is 0. The summed E-state index contributed by atoms with van der Waals surface area (Å²) in [6.45, 7) is 0.223. The van der Waals surface area contributed by atoms with Gasteiger partial charge in [-0.1, -0.05) is 0 Å². The molecular formula is C9H8O5. The van der Waals surface area contributed by atoms with E-state index >= 15 is 0 Å². The highest BCUT2D eigenvalue weighted by Gasteiger charge is 2.07. The van der Waals surface area contributed by atoms with Crippen LogP contribution in [0.2, 0.25) is 0 Å². The summed E-state index contributed by atoms with van der Waals surface area (Å²) in [5.74, 6) is -0.654. The minimum absolute atomic E-state index is 0.00111. The number of carbonyl (C=O) groups excluding carboxylic acids is 1. The number of hydrogen-bond acceptors (Lipinski definition) is 4. The van der Waals surface area contributed by atoms with Gasteiger partial charge in [0.05, 0.1) is 12.7 Å². The molecule has 0 atom stereocenters. The fourth-order valence-electron chi connectivity index (χ4n) is 0.937. The van der Waals surface area contributed by atoms with Gasteiger partial charge in [-0.3, -0.25) is 4.79 Å². The van der Waals surface area contributed by atoms with Gasteiger partial charge in [-0.05, 0) is 12.1 Å². The Balaban J connectivity index is 3.12. The van der Waals surface area contributed by atoms with Crippen molar-refractivity contribution in [1.82, 2.24) is 0 Å². The first-order valence-corrected chi connectivity index (χ1v) is 3.70. The first kappa shape index (κ1) is 10.0. The normalized spacial score (nSPS) is 9.21. The minimum atomic E-state index is -1.11. The number of carboxylic acids is 1. The van der Waals surface area contributed by atoms with E-state index in [1.807, 2.05) is 0 Å². The Bertz CT molecular complexity index is 358. The van der Waals surface area contributed by atoms with E-state index in [1.165, 1.54) is 25.3 Å². The van der Waals surface area contributed by atoms with Crippen molar-refractivity contribution in [1.29, 1.82) is 0 Å². The molecule has 74 valence electrons. The van der Waals surface area contributed by atoms with Crippen LogP contribution in [0.15, 0.2) is 18.2 Å². The highest BCUT2D eigenvalue weighted by atomic mass is 16.5. The van der Waals surface area contributed by atoms with Crippen molar-refractivity contribution in [3.8, 4) is 11.5 Å². The van der Waals surface area contributed by atoms with E-state index in [1.54, 1.807) is 0 Å². The molecule has 0 aliphatic rings. The predicted molar refractivity (Wildman–Crippen MR) is 46.6 cm³/mol. The molecule has 0 amide bonds. The maximum Gasteiger partial charge on any atom is 0.335 e. The van der Waals surface area contributed by atoms with Crippen LogP contribution in [0.25, 0.3) is 0 Å². The molecule has 0 aliphatic heterocycles. The van der Waals surface area contributed by atoms with Gasteiger partial charge in [0, 0.05) is 6.07 Å². The molecule has 0 aliphatic carbocycles. The third kappa shape index (κ3) is 2.22. The van der Waals surface area contributed by atoms with Crippen molar-refractivity contribution >= 4 is 12.4 Å². The molecule has 0 radical (unpaired) electrons. The summed E-state index contributed by atoms with van der Waals surface area (Å²) in [6, 6.07) is 3.99. The number of hydrogen-bond donors (Lipinski definition) is 1. The topological polar surface area (TPSA) is 72.8 Å². The van der Waals surface area contributed by atoms with E-state index in [4.69, 9.17) is 9.84 Å². The Hall–Kier alpha value is -2.04. The molecule has 1 aromatic rings. The number of aromatic carboxylic acids is 1. The van der Waals surface area contributed by atoms with E-state index in [9.17, 15) is 9.59 Å². The molecule has 0 fully saturated rings. The second-order valence-corrected chi connectivity index (χ2v) is 2.42. The number of carboxylic acid groups (broad SMARTS) is 1. The van der Waals surface area contributed by atoms with Crippen molar-refractivity contribution in [2.24, 2.45) is 0 Å². The molecule has 1 rings (SSSR count). The molecule has 14 heavy (non-hydrogen) atoms. The molecule has 0 saturated heterocycles. The lowest BCUT2D eigenvalue weighted by atomic mass is 10.2. The maximum atomic E-state index is 10.6. The van der Waals surface area contributed by atoms with Crippen molar-refractivity contribution in [3.05, 3.63) is 23.8 Å². The van der Waals surface area contributed by atoms with Crippen molar-refractivity contribution in [3.63, 3.8) is 0 Å². The number of rotatable bonds is 4. The largest absolute Gasteiger partial charge is 0.497 e. The Kier molecular flexibility index (Phi) is 3.06. The van der Waals surface area contributed by atoms with Gasteiger partial charge in [-0.25, -0.2) is 4.79 Å². The third-order valence-corrected chi connectivity index (χ3v) is 1.55. The average molecular weight is 196 g/mol. The highest BCUT2D eigenvalue weighted by molar-refractivity contribution is 5.88. The Morgan fingerprint density at radius 3 is 2.50 bits per heavy atom. The van der Waals surface area contributed by atoms with Crippen LogP contribution in [0.3, 0.4) is 0 Å². The van der Waals surface area contributed by atoms with Crippen LogP contribution in [-0.4, -0.2) is 24.7 Å². The van der Waals surface area contributed by atoms with Crippen LogP contribution in [0.4, 0.5) is 0 Å². The van der Waals surface area contributed by atoms with Crippen LogP contribution in [0, 0.1) is 0 Å². The summed E-state index contributed by atoms with van der Waals surface area (Å²) in [5, 5.41) is 8.70. The lowest BCUT2D eigenvalue weighted by molar-refractivity contribution is -0.120. The lowest BCUT2D eigenvalue weighted by Crippen LogP contribution is -1.99. The first-order chi connectivity index (χ1) is 6.67. The Morgan fingerprint density at radius 2 is 2.00 bits per heavy atom. The molecule has 0 spiro atoms. The molecule has 5 heteroatoms. The lowest BCUT2D eigenvalue weighted by Gasteiger charge is -2.04. The molecular weight excluding hydrogens is 188 g/mol. The van der Waals surface area contributed by atoms with E-state index < -0.39 is 5.97 Å². The Labute approximate surface area is 79.9 Å². The van der Waals surface area contributed by atoms with Crippen molar-refractivity contribution in [2.45, 2.75) is 0 Å². The zero-order valence-corrected chi connectivity index (χ0v) is 7.39. The van der Waals surface area contributed by atoms with Gasteiger partial charge >= 0.3 is 5.97 Å². The van der Waals surface area contributed by atoms with Gasteiger partial charge in [0.25, 0.3) is 6.47 Å².